The van der Waals surface area contributed by atoms with Gasteiger partial charge in [-0.1, -0.05) is 47.0 Å². The molecule has 0 saturated carbocycles. The van der Waals surface area contributed by atoms with Gasteiger partial charge in [-0.25, -0.2) is 0 Å². The van der Waals surface area contributed by atoms with Crippen LogP contribution in [-0.2, 0) is 6.42 Å². The van der Waals surface area contributed by atoms with E-state index in [-0.39, 0.29) is 0 Å². The minimum atomic E-state index is -0.536. The van der Waals surface area contributed by atoms with Crippen LogP contribution in [0.2, 0.25) is 0 Å². The summed E-state index contributed by atoms with van der Waals surface area (Å²) in [5.74, 6) is 0. The van der Waals surface area contributed by atoms with Gasteiger partial charge in [0.25, 0.3) is 0 Å². The lowest BCUT2D eigenvalue weighted by molar-refractivity contribution is 0.181. The van der Waals surface area contributed by atoms with E-state index in [2.05, 4.69) is 33.9 Å². The molecule has 0 saturated heterocycles. The van der Waals surface area contributed by atoms with Gasteiger partial charge in [0, 0.05) is 6.42 Å². The highest BCUT2D eigenvalue weighted by molar-refractivity contribution is 7.05. The zero-order valence-electron chi connectivity index (χ0n) is 10.6. The first-order valence-corrected chi connectivity index (χ1v) is 6.96. The van der Waals surface area contributed by atoms with E-state index in [4.69, 9.17) is 0 Å². The number of hydrogen-bond acceptors (Lipinski definition) is 4. The van der Waals surface area contributed by atoms with Gasteiger partial charge in [0.1, 0.15) is 0 Å². The molecule has 0 bridgehead atoms. The molecule has 3 aromatic rings. The largest absolute Gasteiger partial charge is 0.387 e. The van der Waals surface area contributed by atoms with Crippen molar-refractivity contribution in [3.63, 3.8) is 0 Å². The van der Waals surface area contributed by atoms with Crippen LogP contribution >= 0.6 is 11.5 Å². The summed E-state index contributed by atoms with van der Waals surface area (Å²) in [6, 6.07) is 14.4. The Hall–Kier alpha value is -1.78. The third kappa shape index (κ3) is 2.37. The highest BCUT2D eigenvalue weighted by Crippen LogP contribution is 2.27. The van der Waals surface area contributed by atoms with Gasteiger partial charge in [-0.05, 0) is 34.8 Å². The molecule has 0 radical (unpaired) electrons. The van der Waals surface area contributed by atoms with E-state index in [1.165, 1.54) is 22.3 Å². The van der Waals surface area contributed by atoms with Crippen LogP contribution in [0.15, 0.2) is 42.5 Å². The lowest BCUT2D eigenvalue weighted by Gasteiger charge is -2.11. The van der Waals surface area contributed by atoms with Crippen molar-refractivity contribution in [2.45, 2.75) is 19.4 Å². The summed E-state index contributed by atoms with van der Waals surface area (Å²) in [6.45, 7) is 1.88. The van der Waals surface area contributed by atoms with Gasteiger partial charge in [-0.2, -0.15) is 0 Å². The van der Waals surface area contributed by atoms with Crippen LogP contribution in [0, 0.1) is 6.92 Å². The monoisotopic (exact) mass is 270 g/mol. The Morgan fingerprint density at radius 2 is 1.95 bits per heavy atom. The maximum absolute atomic E-state index is 10.3. The number of rotatable bonds is 3. The molecule has 0 aliphatic rings. The molecule has 96 valence electrons. The second-order valence-electron chi connectivity index (χ2n) is 4.58. The molecular weight excluding hydrogens is 256 g/mol. The van der Waals surface area contributed by atoms with E-state index in [1.807, 2.05) is 25.1 Å². The van der Waals surface area contributed by atoms with Crippen molar-refractivity contribution < 1.29 is 5.11 Å². The van der Waals surface area contributed by atoms with E-state index < -0.39 is 6.10 Å². The van der Waals surface area contributed by atoms with Gasteiger partial charge >= 0.3 is 0 Å². The molecule has 0 fully saturated rings. The number of nitrogens with zero attached hydrogens (tertiary/aromatic N) is 2. The van der Waals surface area contributed by atoms with Gasteiger partial charge < -0.3 is 5.11 Å². The summed E-state index contributed by atoms with van der Waals surface area (Å²) in [5.41, 5.74) is 1.97. The topological polar surface area (TPSA) is 46.0 Å². The first kappa shape index (κ1) is 12.3. The van der Waals surface area contributed by atoms with Crippen molar-refractivity contribution in [3.05, 3.63) is 58.6 Å². The second-order valence-corrected chi connectivity index (χ2v) is 5.37. The van der Waals surface area contributed by atoms with Gasteiger partial charge in [-0.15, -0.1) is 5.10 Å². The van der Waals surface area contributed by atoms with Crippen LogP contribution in [0.25, 0.3) is 10.8 Å². The van der Waals surface area contributed by atoms with Gasteiger partial charge in [0.05, 0.1) is 16.7 Å². The minimum absolute atomic E-state index is 0.536. The highest BCUT2D eigenvalue weighted by atomic mass is 32.1. The Labute approximate surface area is 115 Å². The Kier molecular flexibility index (Phi) is 3.27. The second kappa shape index (κ2) is 5.07. The average Bonchev–Trinajstić information content (AvgIpc) is 2.85. The Bertz CT molecular complexity index is 703. The number of aryl methyl sites for hydroxylation is 1. The van der Waals surface area contributed by atoms with E-state index in [1.54, 1.807) is 0 Å². The van der Waals surface area contributed by atoms with E-state index in [9.17, 15) is 5.11 Å². The molecule has 19 heavy (non-hydrogen) atoms. The first-order chi connectivity index (χ1) is 9.25. The van der Waals surface area contributed by atoms with Crippen molar-refractivity contribution in [2.24, 2.45) is 0 Å². The fourth-order valence-electron chi connectivity index (χ4n) is 2.31. The minimum Gasteiger partial charge on any atom is -0.387 e. The van der Waals surface area contributed by atoms with Crippen molar-refractivity contribution in [1.82, 2.24) is 9.59 Å². The van der Waals surface area contributed by atoms with Crippen LogP contribution in [0.4, 0.5) is 0 Å². The Balaban J connectivity index is 1.96. The third-order valence-corrected chi connectivity index (χ3v) is 4.21. The van der Waals surface area contributed by atoms with Crippen molar-refractivity contribution >= 4 is 22.3 Å². The molecule has 1 atom stereocenters. The van der Waals surface area contributed by atoms with Crippen molar-refractivity contribution in [2.75, 3.05) is 0 Å². The maximum atomic E-state index is 10.3. The summed E-state index contributed by atoms with van der Waals surface area (Å²) in [4.78, 5) is 0.855. The standard InChI is InChI=1S/C15H14N2OS/c1-10-15(19-17-16-10)14(18)9-12-7-4-6-11-5-2-3-8-13(11)12/h2-8,14,18H,9H2,1H3. The maximum Gasteiger partial charge on any atom is 0.0957 e. The number of hydrogen-bond donors (Lipinski definition) is 1. The highest BCUT2D eigenvalue weighted by Gasteiger charge is 2.15. The molecule has 4 heteroatoms. The van der Waals surface area contributed by atoms with E-state index >= 15 is 0 Å². The summed E-state index contributed by atoms with van der Waals surface area (Å²) in [6.07, 6.45) is 0.0531. The van der Waals surface area contributed by atoms with E-state index in [0.29, 0.717) is 6.42 Å². The summed E-state index contributed by atoms with van der Waals surface area (Å²) >= 11 is 1.27. The van der Waals surface area contributed by atoms with Gasteiger partial charge in [0.15, 0.2) is 0 Å². The zero-order valence-corrected chi connectivity index (χ0v) is 11.4. The smallest absolute Gasteiger partial charge is 0.0957 e. The molecule has 0 amide bonds. The fraction of sp³-hybridized carbons (Fsp3) is 0.200. The number of aliphatic hydroxyl groups excluding tert-OH is 1. The number of fused-ring (bicyclic) bond motifs is 1. The third-order valence-electron chi connectivity index (χ3n) is 3.28. The average molecular weight is 270 g/mol. The molecule has 0 aliphatic heterocycles. The molecular formula is C15H14N2OS. The van der Waals surface area contributed by atoms with Crippen molar-refractivity contribution in [3.8, 4) is 0 Å². The molecule has 3 rings (SSSR count). The van der Waals surface area contributed by atoms with Gasteiger partial charge in [0.2, 0.25) is 0 Å². The zero-order chi connectivity index (χ0) is 13.2. The predicted octanol–water partition coefficient (Wildman–Crippen LogP) is 3.28. The van der Waals surface area contributed by atoms with Gasteiger partial charge in [-0.3, -0.25) is 0 Å². The van der Waals surface area contributed by atoms with E-state index in [0.717, 1.165) is 16.1 Å². The lowest BCUT2D eigenvalue weighted by Crippen LogP contribution is -2.02. The number of aliphatic hydroxyl groups is 1. The summed E-state index contributed by atoms with van der Waals surface area (Å²) < 4.78 is 3.88. The molecule has 1 heterocycles. The molecule has 0 spiro atoms. The SMILES string of the molecule is Cc1nnsc1C(O)Cc1cccc2ccccc12. The predicted molar refractivity (Wildman–Crippen MR) is 77.3 cm³/mol. The molecule has 0 aliphatic carbocycles. The molecule has 1 N–H and O–H groups in total. The Morgan fingerprint density at radius 1 is 1.16 bits per heavy atom. The first-order valence-electron chi connectivity index (χ1n) is 6.19. The Morgan fingerprint density at radius 3 is 2.74 bits per heavy atom. The fourth-order valence-corrected chi connectivity index (χ4v) is 2.94. The molecule has 1 aromatic heterocycles. The summed E-state index contributed by atoms with van der Waals surface area (Å²) in [5, 5.41) is 16.7. The van der Waals surface area contributed by atoms with Crippen molar-refractivity contribution in [1.29, 1.82) is 0 Å². The molecule has 3 nitrogen and oxygen atoms in total. The molecule has 2 aromatic carbocycles. The van der Waals surface area contributed by atoms with Crippen LogP contribution in [0.5, 0.6) is 0 Å². The van der Waals surface area contributed by atoms with Crippen LogP contribution in [0.1, 0.15) is 22.2 Å². The normalized spacial score (nSPS) is 12.7. The number of aromatic nitrogens is 2. The van der Waals surface area contributed by atoms with Crippen LogP contribution < -0.4 is 0 Å². The molecule has 1 unspecified atom stereocenters. The van der Waals surface area contributed by atoms with Crippen LogP contribution in [0.3, 0.4) is 0 Å². The quantitative estimate of drug-likeness (QED) is 0.794. The lowest BCUT2D eigenvalue weighted by atomic mass is 9.99. The number of benzene rings is 2. The summed E-state index contributed by atoms with van der Waals surface area (Å²) in [7, 11) is 0. The van der Waals surface area contributed by atoms with Crippen LogP contribution in [-0.4, -0.2) is 14.7 Å².